The summed E-state index contributed by atoms with van der Waals surface area (Å²) in [5.74, 6) is 0.639. The van der Waals surface area contributed by atoms with Gasteiger partial charge in [-0.15, -0.1) is 0 Å². The maximum absolute atomic E-state index is 12.1. The van der Waals surface area contributed by atoms with Gasteiger partial charge in [0.2, 0.25) is 10.0 Å². The zero-order valence-electron chi connectivity index (χ0n) is 15.2. The summed E-state index contributed by atoms with van der Waals surface area (Å²) >= 11 is 5.99. The summed E-state index contributed by atoms with van der Waals surface area (Å²) in [6.45, 7) is 3.88. The van der Waals surface area contributed by atoms with Gasteiger partial charge < -0.3 is 10.6 Å². The number of nitrogens with zero attached hydrogens (tertiary/aromatic N) is 2. The molecular formula is C18H24ClN5O2S. The molecule has 7 nitrogen and oxygen atoms in total. The molecule has 146 valence electrons. The number of aliphatic imine (C=N–C) groups is 1. The van der Waals surface area contributed by atoms with E-state index < -0.39 is 10.0 Å². The van der Waals surface area contributed by atoms with Gasteiger partial charge in [-0.1, -0.05) is 23.7 Å². The van der Waals surface area contributed by atoms with Crippen LogP contribution in [0.4, 0.5) is 0 Å². The van der Waals surface area contributed by atoms with Gasteiger partial charge in [0.05, 0.1) is 6.54 Å². The van der Waals surface area contributed by atoms with Gasteiger partial charge in [0.1, 0.15) is 4.90 Å². The third kappa shape index (κ3) is 7.54. The second-order valence-electron chi connectivity index (χ2n) is 5.65. The Morgan fingerprint density at radius 2 is 2.04 bits per heavy atom. The molecule has 0 aliphatic carbocycles. The Balaban J connectivity index is 1.80. The van der Waals surface area contributed by atoms with Crippen LogP contribution in [0.3, 0.4) is 0 Å². The minimum absolute atomic E-state index is 0.139. The number of hydrogen-bond donors (Lipinski definition) is 3. The van der Waals surface area contributed by atoms with Crippen molar-refractivity contribution in [2.45, 2.75) is 18.2 Å². The van der Waals surface area contributed by atoms with Crippen LogP contribution in [0, 0.1) is 0 Å². The fourth-order valence-corrected chi connectivity index (χ4v) is 3.49. The molecule has 0 atom stereocenters. The summed E-state index contributed by atoms with van der Waals surface area (Å²) in [7, 11) is -3.56. The molecule has 0 unspecified atom stereocenters. The SMILES string of the molecule is CCNC(=NCCNS(=O)(=O)c1cccnc1)NCCc1cccc(Cl)c1. The van der Waals surface area contributed by atoms with Crippen molar-refractivity contribution in [2.75, 3.05) is 26.2 Å². The minimum Gasteiger partial charge on any atom is -0.357 e. The molecule has 1 aromatic carbocycles. The Morgan fingerprint density at radius 1 is 1.19 bits per heavy atom. The van der Waals surface area contributed by atoms with Crippen LogP contribution in [0.1, 0.15) is 12.5 Å². The summed E-state index contributed by atoms with van der Waals surface area (Å²) in [6.07, 6.45) is 3.65. The highest BCUT2D eigenvalue weighted by Crippen LogP contribution is 2.10. The van der Waals surface area contributed by atoms with Crippen molar-refractivity contribution in [3.8, 4) is 0 Å². The monoisotopic (exact) mass is 409 g/mol. The first kappa shape index (κ1) is 21.1. The van der Waals surface area contributed by atoms with E-state index in [1.807, 2.05) is 31.2 Å². The molecule has 0 saturated carbocycles. The van der Waals surface area contributed by atoms with Crippen LogP contribution in [-0.4, -0.2) is 45.5 Å². The van der Waals surface area contributed by atoms with E-state index in [0.29, 0.717) is 30.6 Å². The fraction of sp³-hybridized carbons (Fsp3) is 0.333. The number of benzene rings is 1. The molecule has 3 N–H and O–H groups in total. The summed E-state index contributed by atoms with van der Waals surface area (Å²) in [5, 5.41) is 7.08. The summed E-state index contributed by atoms with van der Waals surface area (Å²) in [4.78, 5) is 8.35. The molecule has 0 amide bonds. The van der Waals surface area contributed by atoms with E-state index in [0.717, 1.165) is 12.0 Å². The highest BCUT2D eigenvalue weighted by Gasteiger charge is 2.12. The summed E-state index contributed by atoms with van der Waals surface area (Å²) in [5.41, 5.74) is 1.13. The Kier molecular flexibility index (Phi) is 8.50. The molecule has 9 heteroatoms. The highest BCUT2D eigenvalue weighted by molar-refractivity contribution is 7.89. The summed E-state index contributed by atoms with van der Waals surface area (Å²) in [6, 6.07) is 10.8. The zero-order chi connectivity index (χ0) is 19.5. The van der Waals surface area contributed by atoms with E-state index in [9.17, 15) is 8.42 Å². The number of halogens is 1. The van der Waals surface area contributed by atoms with Crippen molar-refractivity contribution in [1.82, 2.24) is 20.3 Å². The van der Waals surface area contributed by atoms with E-state index in [2.05, 4.69) is 25.3 Å². The van der Waals surface area contributed by atoms with E-state index in [-0.39, 0.29) is 11.4 Å². The Labute approximate surface area is 165 Å². The van der Waals surface area contributed by atoms with Gasteiger partial charge in [-0.2, -0.15) is 0 Å². The maximum atomic E-state index is 12.1. The van der Waals surface area contributed by atoms with Crippen molar-refractivity contribution in [3.05, 3.63) is 59.4 Å². The summed E-state index contributed by atoms with van der Waals surface area (Å²) < 4.78 is 26.8. The molecule has 1 aromatic heterocycles. The lowest BCUT2D eigenvalue weighted by atomic mass is 10.1. The van der Waals surface area contributed by atoms with Gasteiger partial charge >= 0.3 is 0 Å². The number of pyridine rings is 1. The number of aromatic nitrogens is 1. The van der Waals surface area contributed by atoms with E-state index >= 15 is 0 Å². The zero-order valence-corrected chi connectivity index (χ0v) is 16.7. The van der Waals surface area contributed by atoms with Crippen LogP contribution < -0.4 is 15.4 Å². The first-order chi connectivity index (χ1) is 13.0. The molecule has 0 fully saturated rings. The number of nitrogens with one attached hydrogen (secondary N) is 3. The van der Waals surface area contributed by atoms with Crippen LogP contribution >= 0.6 is 11.6 Å². The van der Waals surface area contributed by atoms with Crippen LogP contribution in [0.15, 0.2) is 58.7 Å². The van der Waals surface area contributed by atoms with Gasteiger partial charge in [-0.05, 0) is 43.2 Å². The lowest BCUT2D eigenvalue weighted by Crippen LogP contribution is -2.39. The van der Waals surface area contributed by atoms with Gasteiger partial charge in [0, 0.05) is 37.1 Å². The molecule has 0 aliphatic heterocycles. The number of hydrogen-bond acceptors (Lipinski definition) is 4. The number of rotatable bonds is 9. The molecule has 27 heavy (non-hydrogen) atoms. The molecule has 0 bridgehead atoms. The topological polar surface area (TPSA) is 95.5 Å². The van der Waals surface area contributed by atoms with Crippen LogP contribution in [0.5, 0.6) is 0 Å². The van der Waals surface area contributed by atoms with Gasteiger partial charge in [-0.25, -0.2) is 13.1 Å². The minimum atomic E-state index is -3.56. The van der Waals surface area contributed by atoms with Crippen LogP contribution in [0.25, 0.3) is 0 Å². The second kappa shape index (κ2) is 10.9. The first-order valence-electron chi connectivity index (χ1n) is 8.67. The number of sulfonamides is 1. The number of guanidine groups is 1. The third-order valence-corrected chi connectivity index (χ3v) is 5.24. The van der Waals surface area contributed by atoms with E-state index in [4.69, 9.17) is 11.6 Å². The van der Waals surface area contributed by atoms with Gasteiger partial charge in [0.15, 0.2) is 5.96 Å². The normalized spacial score (nSPS) is 12.0. The van der Waals surface area contributed by atoms with Crippen molar-refractivity contribution in [2.24, 2.45) is 4.99 Å². The third-order valence-electron chi connectivity index (χ3n) is 3.56. The molecule has 0 radical (unpaired) electrons. The van der Waals surface area contributed by atoms with E-state index in [1.54, 1.807) is 6.07 Å². The van der Waals surface area contributed by atoms with Crippen molar-refractivity contribution in [1.29, 1.82) is 0 Å². The predicted octanol–water partition coefficient (Wildman–Crippen LogP) is 1.81. The fourth-order valence-electron chi connectivity index (χ4n) is 2.30. The maximum Gasteiger partial charge on any atom is 0.242 e. The average Bonchev–Trinajstić information content (AvgIpc) is 2.66. The first-order valence-corrected chi connectivity index (χ1v) is 10.5. The quantitative estimate of drug-likeness (QED) is 0.333. The van der Waals surface area contributed by atoms with E-state index in [1.165, 1.54) is 18.5 Å². The lowest BCUT2D eigenvalue weighted by Gasteiger charge is -2.11. The molecular weight excluding hydrogens is 386 g/mol. The van der Waals surface area contributed by atoms with Gasteiger partial charge in [0.25, 0.3) is 0 Å². The average molecular weight is 410 g/mol. The lowest BCUT2D eigenvalue weighted by molar-refractivity contribution is 0.581. The molecule has 2 aromatic rings. The highest BCUT2D eigenvalue weighted by atomic mass is 35.5. The van der Waals surface area contributed by atoms with Crippen LogP contribution in [0.2, 0.25) is 5.02 Å². The molecule has 2 rings (SSSR count). The molecule has 0 saturated heterocycles. The Morgan fingerprint density at radius 3 is 2.74 bits per heavy atom. The van der Waals surface area contributed by atoms with Crippen molar-refractivity contribution < 1.29 is 8.42 Å². The molecule has 0 aliphatic rings. The Bertz CT molecular complexity index is 844. The van der Waals surface area contributed by atoms with Crippen LogP contribution in [-0.2, 0) is 16.4 Å². The van der Waals surface area contributed by atoms with Crippen molar-refractivity contribution in [3.63, 3.8) is 0 Å². The molecule has 1 heterocycles. The largest absolute Gasteiger partial charge is 0.357 e. The molecule has 0 spiro atoms. The second-order valence-corrected chi connectivity index (χ2v) is 7.86. The van der Waals surface area contributed by atoms with Crippen molar-refractivity contribution >= 4 is 27.6 Å². The smallest absolute Gasteiger partial charge is 0.242 e. The standard InChI is InChI=1S/C18H24ClN5O2S/c1-2-21-18(22-10-8-15-5-3-6-16(19)13-15)23-11-12-24-27(25,26)17-7-4-9-20-14-17/h3-7,9,13-14,24H,2,8,10-12H2,1H3,(H2,21,22,23). The van der Waals surface area contributed by atoms with Gasteiger partial charge in [-0.3, -0.25) is 9.98 Å². The Hall–Kier alpha value is -2.16. The predicted molar refractivity (Wildman–Crippen MR) is 109 cm³/mol.